The molecule has 0 radical (unpaired) electrons. The minimum atomic E-state index is -0.287. The predicted molar refractivity (Wildman–Crippen MR) is 129 cm³/mol. The maximum Gasteiger partial charge on any atom is 0.297 e. The summed E-state index contributed by atoms with van der Waals surface area (Å²) in [6, 6.07) is 13.3. The van der Waals surface area contributed by atoms with Gasteiger partial charge in [-0.05, 0) is 49.4 Å². The second-order valence-corrected chi connectivity index (χ2v) is 8.48. The fraction of sp³-hybridized carbons (Fsp3) is 0.167. The zero-order valence-electron chi connectivity index (χ0n) is 18.1. The van der Waals surface area contributed by atoms with Crippen LogP contribution in [-0.4, -0.2) is 27.0 Å². The number of thiazole rings is 1. The number of amides is 1. The standard InChI is InChI=1S/C24H22FN5O2S/c1-15-21(33-23(28-15)17-6-8-18(25)9-7-17)10-11-26-22-24(32)30(13-12-27-22)20-5-3-4-19(14-20)29-16(2)31/h3-9,12-14H,10-11H2,1-2H3,(H,26,27)(H,29,31). The van der Waals surface area contributed by atoms with Crippen LogP contribution in [0.4, 0.5) is 15.9 Å². The van der Waals surface area contributed by atoms with Gasteiger partial charge >= 0.3 is 0 Å². The molecule has 2 N–H and O–H groups in total. The second kappa shape index (κ2) is 9.74. The van der Waals surface area contributed by atoms with Crippen LogP contribution < -0.4 is 16.2 Å². The number of hydrogen-bond donors (Lipinski definition) is 2. The first kappa shape index (κ1) is 22.3. The highest BCUT2D eigenvalue weighted by Gasteiger charge is 2.11. The summed E-state index contributed by atoms with van der Waals surface area (Å²) < 4.78 is 14.7. The Morgan fingerprint density at radius 2 is 1.97 bits per heavy atom. The van der Waals surface area contributed by atoms with E-state index >= 15 is 0 Å². The minimum Gasteiger partial charge on any atom is -0.365 e. The second-order valence-electron chi connectivity index (χ2n) is 7.39. The number of nitrogens with one attached hydrogen (secondary N) is 2. The quantitative estimate of drug-likeness (QED) is 0.424. The van der Waals surface area contributed by atoms with E-state index in [9.17, 15) is 14.0 Å². The molecule has 168 valence electrons. The number of carbonyl (C=O) groups is 1. The molecule has 2 aromatic carbocycles. The Kier molecular flexibility index (Phi) is 6.60. The maximum absolute atomic E-state index is 13.2. The summed E-state index contributed by atoms with van der Waals surface area (Å²) in [5, 5.41) is 6.67. The predicted octanol–water partition coefficient (Wildman–Crippen LogP) is 4.42. The maximum atomic E-state index is 13.2. The third kappa shape index (κ3) is 5.32. The van der Waals surface area contributed by atoms with Crippen molar-refractivity contribution in [3.63, 3.8) is 0 Å². The average Bonchev–Trinajstić information content (AvgIpc) is 3.15. The summed E-state index contributed by atoms with van der Waals surface area (Å²) in [6.07, 6.45) is 3.81. The van der Waals surface area contributed by atoms with Gasteiger partial charge in [-0.15, -0.1) is 11.3 Å². The number of benzene rings is 2. The lowest BCUT2D eigenvalue weighted by atomic mass is 10.2. The van der Waals surface area contributed by atoms with E-state index in [1.54, 1.807) is 60.1 Å². The van der Waals surface area contributed by atoms with E-state index in [0.29, 0.717) is 24.3 Å². The van der Waals surface area contributed by atoms with Crippen molar-refractivity contribution in [1.29, 1.82) is 0 Å². The number of aromatic nitrogens is 3. The molecule has 4 aromatic rings. The molecule has 0 saturated carbocycles. The first-order valence-corrected chi connectivity index (χ1v) is 11.1. The van der Waals surface area contributed by atoms with E-state index in [-0.39, 0.29) is 23.1 Å². The highest BCUT2D eigenvalue weighted by Crippen LogP contribution is 2.28. The monoisotopic (exact) mass is 463 g/mol. The van der Waals surface area contributed by atoms with Crippen molar-refractivity contribution >= 4 is 28.7 Å². The van der Waals surface area contributed by atoms with Gasteiger partial charge in [0.25, 0.3) is 5.56 Å². The van der Waals surface area contributed by atoms with Gasteiger partial charge in [0, 0.05) is 48.4 Å². The largest absolute Gasteiger partial charge is 0.365 e. The van der Waals surface area contributed by atoms with Gasteiger partial charge in [-0.25, -0.2) is 14.4 Å². The number of anilines is 2. The normalized spacial score (nSPS) is 10.8. The van der Waals surface area contributed by atoms with Crippen molar-refractivity contribution in [2.45, 2.75) is 20.3 Å². The van der Waals surface area contributed by atoms with Crippen LogP contribution in [-0.2, 0) is 11.2 Å². The van der Waals surface area contributed by atoms with E-state index in [1.807, 2.05) is 6.92 Å². The molecule has 0 bridgehead atoms. The molecule has 0 unspecified atom stereocenters. The number of carbonyl (C=O) groups excluding carboxylic acids is 1. The van der Waals surface area contributed by atoms with Crippen LogP contribution in [0.3, 0.4) is 0 Å². The number of nitrogens with zero attached hydrogens (tertiary/aromatic N) is 3. The summed E-state index contributed by atoms with van der Waals surface area (Å²) in [7, 11) is 0. The Hall–Kier alpha value is -3.85. The SMILES string of the molecule is CC(=O)Nc1cccc(-n2ccnc(NCCc3sc(-c4ccc(F)cc4)nc3C)c2=O)c1. The summed E-state index contributed by atoms with van der Waals surface area (Å²) in [5.74, 6) is -0.222. The molecule has 0 saturated heterocycles. The van der Waals surface area contributed by atoms with E-state index < -0.39 is 0 Å². The molecular weight excluding hydrogens is 441 g/mol. The lowest BCUT2D eigenvalue weighted by Gasteiger charge is -2.10. The van der Waals surface area contributed by atoms with Crippen LogP contribution in [0.5, 0.6) is 0 Å². The molecule has 33 heavy (non-hydrogen) atoms. The van der Waals surface area contributed by atoms with Gasteiger partial charge in [0.05, 0.1) is 11.4 Å². The Bertz CT molecular complexity index is 1350. The van der Waals surface area contributed by atoms with Crippen molar-refractivity contribution in [3.05, 3.63) is 87.7 Å². The van der Waals surface area contributed by atoms with Crippen LogP contribution in [0.2, 0.25) is 0 Å². The molecule has 7 nitrogen and oxygen atoms in total. The number of halogens is 1. The van der Waals surface area contributed by atoms with E-state index in [4.69, 9.17) is 0 Å². The zero-order chi connectivity index (χ0) is 23.4. The highest BCUT2D eigenvalue weighted by molar-refractivity contribution is 7.15. The van der Waals surface area contributed by atoms with Crippen LogP contribution >= 0.6 is 11.3 Å². The van der Waals surface area contributed by atoms with Crippen LogP contribution in [0.15, 0.2) is 65.7 Å². The topological polar surface area (TPSA) is 88.9 Å². The fourth-order valence-electron chi connectivity index (χ4n) is 3.34. The number of rotatable bonds is 7. The highest BCUT2D eigenvalue weighted by atomic mass is 32.1. The third-order valence-corrected chi connectivity index (χ3v) is 6.18. The third-order valence-electron chi connectivity index (χ3n) is 4.91. The fourth-order valence-corrected chi connectivity index (χ4v) is 4.41. The number of aryl methyl sites for hydroxylation is 1. The summed E-state index contributed by atoms with van der Waals surface area (Å²) in [5.41, 5.74) is 2.73. The van der Waals surface area contributed by atoms with Gasteiger partial charge in [0.2, 0.25) is 5.91 Å². The first-order chi connectivity index (χ1) is 15.9. The Balaban J connectivity index is 1.46. The van der Waals surface area contributed by atoms with E-state index in [1.165, 1.54) is 23.6 Å². The van der Waals surface area contributed by atoms with Gasteiger partial charge in [-0.1, -0.05) is 6.07 Å². The molecule has 2 heterocycles. The molecule has 0 aliphatic carbocycles. The molecule has 1 amide bonds. The summed E-state index contributed by atoms with van der Waals surface area (Å²) >= 11 is 1.55. The minimum absolute atomic E-state index is 0.183. The van der Waals surface area contributed by atoms with Crippen molar-refractivity contribution in [1.82, 2.24) is 14.5 Å². The van der Waals surface area contributed by atoms with Crippen LogP contribution in [0.25, 0.3) is 16.3 Å². The average molecular weight is 464 g/mol. The Labute approximate surface area is 194 Å². The molecule has 0 atom stereocenters. The van der Waals surface area contributed by atoms with Gasteiger partial charge < -0.3 is 10.6 Å². The van der Waals surface area contributed by atoms with Gasteiger partial charge in [-0.2, -0.15) is 0 Å². The summed E-state index contributed by atoms with van der Waals surface area (Å²) in [6.45, 7) is 3.87. The lowest BCUT2D eigenvalue weighted by molar-refractivity contribution is -0.114. The molecule has 0 spiro atoms. The first-order valence-electron chi connectivity index (χ1n) is 10.3. The molecule has 0 fully saturated rings. The lowest BCUT2D eigenvalue weighted by Crippen LogP contribution is -2.24. The zero-order valence-corrected chi connectivity index (χ0v) is 18.9. The van der Waals surface area contributed by atoms with E-state index in [0.717, 1.165) is 21.1 Å². The van der Waals surface area contributed by atoms with E-state index in [2.05, 4.69) is 20.6 Å². The number of hydrogen-bond acceptors (Lipinski definition) is 6. The van der Waals surface area contributed by atoms with Crippen molar-refractivity contribution < 1.29 is 9.18 Å². The van der Waals surface area contributed by atoms with Crippen LogP contribution in [0.1, 0.15) is 17.5 Å². The van der Waals surface area contributed by atoms with Crippen molar-refractivity contribution in [2.75, 3.05) is 17.2 Å². The van der Waals surface area contributed by atoms with Gasteiger partial charge in [-0.3, -0.25) is 14.2 Å². The van der Waals surface area contributed by atoms with Crippen molar-refractivity contribution in [3.8, 4) is 16.3 Å². The van der Waals surface area contributed by atoms with Crippen molar-refractivity contribution in [2.24, 2.45) is 0 Å². The summed E-state index contributed by atoms with van der Waals surface area (Å²) in [4.78, 5) is 34.1. The van der Waals surface area contributed by atoms with Gasteiger partial charge in [0.1, 0.15) is 10.8 Å². The Morgan fingerprint density at radius 3 is 2.73 bits per heavy atom. The molecule has 0 aliphatic rings. The molecule has 0 aliphatic heterocycles. The molecule has 9 heteroatoms. The van der Waals surface area contributed by atoms with Crippen LogP contribution in [0, 0.1) is 12.7 Å². The molecule has 4 rings (SSSR count). The van der Waals surface area contributed by atoms with Gasteiger partial charge in [0.15, 0.2) is 5.82 Å². The smallest absolute Gasteiger partial charge is 0.297 e. The molecule has 2 aromatic heterocycles. The molecular formula is C24H22FN5O2S. The Morgan fingerprint density at radius 1 is 1.18 bits per heavy atom.